The van der Waals surface area contributed by atoms with Crippen LogP contribution in [0.15, 0.2) is 24.3 Å². The molecule has 0 aromatic heterocycles. The summed E-state index contributed by atoms with van der Waals surface area (Å²) in [5, 5.41) is 11.1. The Kier molecular flexibility index (Phi) is 5.73. The molecule has 2 rings (SSSR count). The van der Waals surface area contributed by atoms with Crippen LogP contribution in [-0.4, -0.2) is 54.1 Å². The topological polar surface area (TPSA) is 89.9 Å². The van der Waals surface area contributed by atoms with Gasteiger partial charge < -0.3 is 20.2 Å². The Morgan fingerprint density at radius 2 is 2.12 bits per heavy atom. The number of rotatable bonds is 6. The van der Waals surface area contributed by atoms with Gasteiger partial charge in [-0.3, -0.25) is 9.59 Å². The molecule has 0 spiro atoms. The zero-order chi connectivity index (χ0) is 17.7. The molecule has 0 aliphatic carbocycles. The maximum Gasteiger partial charge on any atom is 0.317 e. The van der Waals surface area contributed by atoms with Gasteiger partial charge in [-0.15, -0.1) is 0 Å². The van der Waals surface area contributed by atoms with Gasteiger partial charge in [-0.25, -0.2) is 9.18 Å². The number of carbonyl (C=O) groups is 3. The van der Waals surface area contributed by atoms with E-state index in [1.165, 1.54) is 29.0 Å². The average Bonchev–Trinajstić information content (AvgIpc) is 2.92. The number of benzene rings is 1. The fourth-order valence-electron chi connectivity index (χ4n) is 2.64. The number of carbonyl (C=O) groups excluding carboxylic acids is 2. The van der Waals surface area contributed by atoms with Crippen molar-refractivity contribution in [3.63, 3.8) is 0 Å². The third kappa shape index (κ3) is 4.01. The number of nitrogens with one attached hydrogen (secondary N) is 1. The molecule has 2 N–H and O–H groups in total. The molecular formula is C16H20FN3O4. The zero-order valence-electron chi connectivity index (χ0n) is 13.4. The molecule has 0 saturated carbocycles. The molecule has 1 aromatic carbocycles. The minimum Gasteiger partial charge on any atom is -0.481 e. The summed E-state index contributed by atoms with van der Waals surface area (Å²) in [6, 6.07) is 4.90. The maximum atomic E-state index is 13.8. The highest BCUT2D eigenvalue weighted by atomic mass is 19.1. The Balaban J connectivity index is 1.93. The van der Waals surface area contributed by atoms with E-state index in [1.54, 1.807) is 12.1 Å². The predicted octanol–water partition coefficient (Wildman–Crippen LogP) is 1.44. The van der Waals surface area contributed by atoms with E-state index in [0.29, 0.717) is 19.4 Å². The van der Waals surface area contributed by atoms with E-state index in [4.69, 9.17) is 5.11 Å². The van der Waals surface area contributed by atoms with Crippen molar-refractivity contribution in [2.45, 2.75) is 25.3 Å². The largest absolute Gasteiger partial charge is 0.481 e. The van der Waals surface area contributed by atoms with Crippen LogP contribution in [0, 0.1) is 5.82 Å². The number of likely N-dealkylation sites (N-methyl/N-ethyl adjacent to an activating group) is 1. The van der Waals surface area contributed by atoms with Crippen molar-refractivity contribution in [1.82, 2.24) is 10.2 Å². The molecule has 0 bridgehead atoms. The van der Waals surface area contributed by atoms with Crippen molar-refractivity contribution >= 4 is 23.6 Å². The lowest BCUT2D eigenvalue weighted by atomic mass is 10.2. The van der Waals surface area contributed by atoms with E-state index in [9.17, 15) is 18.8 Å². The predicted molar refractivity (Wildman–Crippen MR) is 85.2 cm³/mol. The normalized spacial score (nSPS) is 17.0. The van der Waals surface area contributed by atoms with Crippen molar-refractivity contribution < 1.29 is 23.9 Å². The lowest BCUT2D eigenvalue weighted by Gasteiger charge is -2.24. The average molecular weight is 337 g/mol. The van der Waals surface area contributed by atoms with E-state index in [0.717, 1.165) is 0 Å². The van der Waals surface area contributed by atoms with Crippen molar-refractivity contribution in [2.75, 3.05) is 25.0 Å². The monoisotopic (exact) mass is 337 g/mol. The minimum absolute atomic E-state index is 0.0343. The molecule has 1 atom stereocenters. The smallest absolute Gasteiger partial charge is 0.317 e. The maximum absolute atomic E-state index is 13.8. The highest BCUT2D eigenvalue weighted by Crippen LogP contribution is 2.26. The number of amides is 3. The second-order valence-electron chi connectivity index (χ2n) is 5.59. The highest BCUT2D eigenvalue weighted by molar-refractivity contribution is 6.01. The number of halogens is 1. The molecule has 1 aliphatic rings. The SMILES string of the molecule is CN(C(=O)NCCCC(=O)O)C1CCN(c2ccccc2F)C1=O. The molecule has 0 radical (unpaired) electrons. The standard InChI is InChI=1S/C16H20FN3O4/c1-19(16(24)18-9-4-7-14(21)22)13-8-10-20(15(13)23)12-6-3-2-5-11(12)17/h2-3,5-6,13H,4,7-10H2,1H3,(H,18,24)(H,21,22). The lowest BCUT2D eigenvalue weighted by molar-refractivity contribution is -0.137. The van der Waals surface area contributed by atoms with Crippen LogP contribution in [-0.2, 0) is 9.59 Å². The van der Waals surface area contributed by atoms with Crippen LogP contribution in [0.1, 0.15) is 19.3 Å². The Morgan fingerprint density at radius 1 is 1.42 bits per heavy atom. The van der Waals surface area contributed by atoms with Gasteiger partial charge in [-0.05, 0) is 25.0 Å². The number of aliphatic carboxylic acids is 1. The third-order valence-electron chi connectivity index (χ3n) is 3.95. The first-order valence-electron chi connectivity index (χ1n) is 7.70. The van der Waals surface area contributed by atoms with Gasteiger partial charge in [0.1, 0.15) is 11.9 Å². The first-order valence-corrected chi connectivity index (χ1v) is 7.70. The molecule has 1 heterocycles. The van der Waals surface area contributed by atoms with E-state index >= 15 is 0 Å². The molecule has 1 fully saturated rings. The van der Waals surface area contributed by atoms with Crippen molar-refractivity contribution in [3.05, 3.63) is 30.1 Å². The van der Waals surface area contributed by atoms with Crippen LogP contribution in [0.3, 0.4) is 0 Å². The van der Waals surface area contributed by atoms with Crippen LogP contribution >= 0.6 is 0 Å². The number of carboxylic acid groups (broad SMARTS) is 1. The molecule has 3 amide bonds. The summed E-state index contributed by atoms with van der Waals surface area (Å²) in [7, 11) is 1.50. The lowest BCUT2D eigenvalue weighted by Crippen LogP contribution is -2.47. The molecule has 24 heavy (non-hydrogen) atoms. The minimum atomic E-state index is -0.927. The van der Waals surface area contributed by atoms with Crippen LogP contribution in [0.4, 0.5) is 14.9 Å². The first kappa shape index (κ1) is 17.7. The number of para-hydroxylation sites is 1. The number of carboxylic acids is 1. The Bertz CT molecular complexity index is 638. The Hall–Kier alpha value is -2.64. The molecule has 130 valence electrons. The van der Waals surface area contributed by atoms with Crippen LogP contribution < -0.4 is 10.2 Å². The quantitative estimate of drug-likeness (QED) is 0.769. The van der Waals surface area contributed by atoms with E-state index in [1.807, 2.05) is 0 Å². The summed E-state index contributed by atoms with van der Waals surface area (Å²) in [5.41, 5.74) is 0.209. The van der Waals surface area contributed by atoms with Gasteiger partial charge in [0.15, 0.2) is 0 Å². The van der Waals surface area contributed by atoms with Gasteiger partial charge >= 0.3 is 12.0 Å². The summed E-state index contributed by atoms with van der Waals surface area (Å²) >= 11 is 0. The summed E-state index contributed by atoms with van der Waals surface area (Å²) in [6.45, 7) is 0.550. The molecule has 7 nitrogen and oxygen atoms in total. The molecular weight excluding hydrogens is 317 g/mol. The van der Waals surface area contributed by atoms with Crippen molar-refractivity contribution in [2.24, 2.45) is 0 Å². The molecule has 1 unspecified atom stereocenters. The molecule has 1 aliphatic heterocycles. The second-order valence-corrected chi connectivity index (χ2v) is 5.59. The van der Waals surface area contributed by atoms with Crippen LogP contribution in [0.5, 0.6) is 0 Å². The van der Waals surface area contributed by atoms with Crippen LogP contribution in [0.25, 0.3) is 0 Å². The number of urea groups is 1. The summed E-state index contributed by atoms with van der Waals surface area (Å²) in [4.78, 5) is 37.6. The number of nitrogens with zero attached hydrogens (tertiary/aromatic N) is 2. The van der Waals surface area contributed by atoms with Gasteiger partial charge in [0.05, 0.1) is 5.69 Å². The number of hydrogen-bond acceptors (Lipinski definition) is 3. The third-order valence-corrected chi connectivity index (χ3v) is 3.95. The van der Waals surface area contributed by atoms with E-state index in [-0.39, 0.29) is 24.6 Å². The summed E-state index contributed by atoms with van der Waals surface area (Å²) < 4.78 is 13.8. The van der Waals surface area contributed by atoms with Gasteiger partial charge in [0, 0.05) is 26.6 Å². The van der Waals surface area contributed by atoms with Crippen molar-refractivity contribution in [1.29, 1.82) is 0 Å². The zero-order valence-corrected chi connectivity index (χ0v) is 13.4. The van der Waals surface area contributed by atoms with Gasteiger partial charge in [-0.1, -0.05) is 12.1 Å². The summed E-state index contributed by atoms with van der Waals surface area (Å²) in [6.07, 6.45) is 0.689. The molecule has 1 aromatic rings. The Labute approximate surface area is 139 Å². The van der Waals surface area contributed by atoms with Gasteiger partial charge in [-0.2, -0.15) is 0 Å². The molecule has 1 saturated heterocycles. The van der Waals surface area contributed by atoms with E-state index in [2.05, 4.69) is 5.32 Å². The fourth-order valence-corrected chi connectivity index (χ4v) is 2.64. The van der Waals surface area contributed by atoms with E-state index < -0.39 is 23.9 Å². The highest BCUT2D eigenvalue weighted by Gasteiger charge is 2.37. The fraction of sp³-hybridized carbons (Fsp3) is 0.438. The van der Waals surface area contributed by atoms with Crippen LogP contribution in [0.2, 0.25) is 0 Å². The summed E-state index contributed by atoms with van der Waals surface area (Å²) in [5.74, 6) is -1.74. The first-order chi connectivity index (χ1) is 11.4. The Morgan fingerprint density at radius 3 is 2.79 bits per heavy atom. The number of hydrogen-bond donors (Lipinski definition) is 2. The number of anilines is 1. The van der Waals surface area contributed by atoms with Gasteiger partial charge in [0.25, 0.3) is 0 Å². The van der Waals surface area contributed by atoms with Crippen molar-refractivity contribution in [3.8, 4) is 0 Å². The second kappa shape index (κ2) is 7.76. The molecule has 8 heteroatoms. The van der Waals surface area contributed by atoms with Gasteiger partial charge in [0.2, 0.25) is 5.91 Å².